The second-order valence-electron chi connectivity index (χ2n) is 5.35. The van der Waals surface area contributed by atoms with Gasteiger partial charge in [-0.3, -0.25) is 0 Å². The van der Waals surface area contributed by atoms with Crippen molar-refractivity contribution in [1.82, 2.24) is 0 Å². The van der Waals surface area contributed by atoms with Gasteiger partial charge in [0, 0.05) is 0 Å². The van der Waals surface area contributed by atoms with Crippen LogP contribution in [-0.2, 0) is 18.0 Å². The highest BCUT2D eigenvalue weighted by Gasteiger charge is 2.02. The van der Waals surface area contributed by atoms with Crippen molar-refractivity contribution >= 4 is 0 Å². The monoisotopic (exact) mass is 254 g/mol. The number of rotatable bonds is 4. The Kier molecular flexibility index (Phi) is 4.39. The summed E-state index contributed by atoms with van der Waals surface area (Å²) in [4.78, 5) is 0. The van der Waals surface area contributed by atoms with Gasteiger partial charge < -0.3 is 4.74 Å². The molecule has 0 unspecified atom stereocenters. The summed E-state index contributed by atoms with van der Waals surface area (Å²) < 4.78 is 5.88. The van der Waals surface area contributed by atoms with Crippen molar-refractivity contribution in [2.24, 2.45) is 0 Å². The van der Waals surface area contributed by atoms with Gasteiger partial charge in [-0.1, -0.05) is 47.5 Å². The molecule has 0 aromatic heterocycles. The molecule has 100 valence electrons. The number of hydrogen-bond acceptors (Lipinski definition) is 1. The van der Waals surface area contributed by atoms with Crippen LogP contribution in [0.5, 0.6) is 0 Å². The van der Waals surface area contributed by atoms with Gasteiger partial charge in [0.2, 0.25) is 0 Å². The standard InChI is InChI=1S/C18H22O/c1-13-5-7-15(3)17(9-13)11-19-12-18-10-14(2)6-8-16(18)4/h5-10H,11-12H2,1-4H3. The average molecular weight is 254 g/mol. The Balaban J connectivity index is 2.00. The molecule has 1 nitrogen and oxygen atoms in total. The summed E-state index contributed by atoms with van der Waals surface area (Å²) in [6, 6.07) is 13.0. The van der Waals surface area contributed by atoms with Crippen molar-refractivity contribution in [2.75, 3.05) is 0 Å². The van der Waals surface area contributed by atoms with Crippen LogP contribution < -0.4 is 0 Å². The highest BCUT2D eigenvalue weighted by molar-refractivity contribution is 5.31. The molecule has 2 rings (SSSR count). The van der Waals surface area contributed by atoms with E-state index in [0.29, 0.717) is 13.2 Å². The average Bonchev–Trinajstić information content (AvgIpc) is 2.38. The summed E-state index contributed by atoms with van der Waals surface area (Å²) in [6.45, 7) is 9.87. The fraction of sp³-hybridized carbons (Fsp3) is 0.333. The lowest BCUT2D eigenvalue weighted by Gasteiger charge is -2.10. The van der Waals surface area contributed by atoms with E-state index in [9.17, 15) is 0 Å². The molecule has 0 aliphatic carbocycles. The Bertz CT molecular complexity index is 518. The molecule has 0 bridgehead atoms. The first-order chi connectivity index (χ1) is 9.06. The minimum Gasteiger partial charge on any atom is -0.372 e. The minimum absolute atomic E-state index is 0.681. The van der Waals surface area contributed by atoms with Gasteiger partial charge in [0.25, 0.3) is 0 Å². The predicted octanol–water partition coefficient (Wildman–Crippen LogP) is 4.64. The van der Waals surface area contributed by atoms with E-state index in [0.717, 1.165) is 0 Å². The molecule has 0 atom stereocenters. The third-order valence-electron chi connectivity index (χ3n) is 3.52. The van der Waals surface area contributed by atoms with Gasteiger partial charge in [-0.15, -0.1) is 0 Å². The molecule has 19 heavy (non-hydrogen) atoms. The van der Waals surface area contributed by atoms with Gasteiger partial charge in [-0.05, 0) is 49.9 Å². The molecule has 0 N–H and O–H groups in total. The Hall–Kier alpha value is -1.60. The van der Waals surface area contributed by atoms with Crippen molar-refractivity contribution < 1.29 is 4.74 Å². The molecule has 0 heterocycles. The maximum absolute atomic E-state index is 5.88. The van der Waals surface area contributed by atoms with Gasteiger partial charge in [-0.25, -0.2) is 0 Å². The van der Waals surface area contributed by atoms with Gasteiger partial charge >= 0.3 is 0 Å². The van der Waals surface area contributed by atoms with Crippen molar-refractivity contribution in [3.8, 4) is 0 Å². The lowest BCUT2D eigenvalue weighted by molar-refractivity contribution is 0.106. The second-order valence-corrected chi connectivity index (χ2v) is 5.35. The smallest absolute Gasteiger partial charge is 0.0724 e. The van der Waals surface area contributed by atoms with Crippen LogP contribution in [0.3, 0.4) is 0 Å². The zero-order chi connectivity index (χ0) is 13.8. The van der Waals surface area contributed by atoms with E-state index in [1.165, 1.54) is 33.4 Å². The van der Waals surface area contributed by atoms with Gasteiger partial charge in [-0.2, -0.15) is 0 Å². The predicted molar refractivity (Wildman–Crippen MR) is 80.3 cm³/mol. The normalized spacial score (nSPS) is 10.7. The molecule has 0 aliphatic rings. The number of benzene rings is 2. The summed E-state index contributed by atoms with van der Waals surface area (Å²) in [6.07, 6.45) is 0. The second kappa shape index (κ2) is 6.03. The fourth-order valence-corrected chi connectivity index (χ4v) is 2.18. The minimum atomic E-state index is 0.681. The fourth-order valence-electron chi connectivity index (χ4n) is 2.18. The molecule has 0 spiro atoms. The van der Waals surface area contributed by atoms with Gasteiger partial charge in [0.15, 0.2) is 0 Å². The SMILES string of the molecule is Cc1ccc(C)c(COCc2cc(C)ccc2C)c1. The summed E-state index contributed by atoms with van der Waals surface area (Å²) in [5.74, 6) is 0. The molecular weight excluding hydrogens is 232 g/mol. The number of hydrogen-bond donors (Lipinski definition) is 0. The Labute approximate surface area is 116 Å². The number of ether oxygens (including phenoxy) is 1. The summed E-state index contributed by atoms with van der Waals surface area (Å²) in [7, 11) is 0. The maximum atomic E-state index is 5.88. The quantitative estimate of drug-likeness (QED) is 0.772. The molecule has 2 aromatic carbocycles. The third-order valence-corrected chi connectivity index (χ3v) is 3.52. The van der Waals surface area contributed by atoms with E-state index < -0.39 is 0 Å². The van der Waals surface area contributed by atoms with E-state index in [2.05, 4.69) is 64.1 Å². The van der Waals surface area contributed by atoms with Crippen molar-refractivity contribution in [2.45, 2.75) is 40.9 Å². The molecule has 1 heteroatoms. The molecule has 0 amide bonds. The molecule has 0 radical (unpaired) electrons. The van der Waals surface area contributed by atoms with Crippen molar-refractivity contribution in [3.05, 3.63) is 69.8 Å². The van der Waals surface area contributed by atoms with Crippen LogP contribution in [0.15, 0.2) is 36.4 Å². The maximum Gasteiger partial charge on any atom is 0.0724 e. The van der Waals surface area contributed by atoms with Crippen molar-refractivity contribution in [1.29, 1.82) is 0 Å². The van der Waals surface area contributed by atoms with E-state index in [1.54, 1.807) is 0 Å². The summed E-state index contributed by atoms with van der Waals surface area (Å²) in [5, 5.41) is 0. The van der Waals surface area contributed by atoms with E-state index in [1.807, 2.05) is 0 Å². The zero-order valence-corrected chi connectivity index (χ0v) is 12.3. The van der Waals surface area contributed by atoms with Crippen LogP contribution in [-0.4, -0.2) is 0 Å². The molecule has 0 saturated carbocycles. The Morgan fingerprint density at radius 3 is 1.53 bits per heavy atom. The van der Waals surface area contributed by atoms with Crippen molar-refractivity contribution in [3.63, 3.8) is 0 Å². The highest BCUT2D eigenvalue weighted by Crippen LogP contribution is 2.15. The topological polar surface area (TPSA) is 9.23 Å². The number of aryl methyl sites for hydroxylation is 4. The largest absolute Gasteiger partial charge is 0.372 e. The Morgan fingerprint density at radius 2 is 1.11 bits per heavy atom. The van der Waals surface area contributed by atoms with Gasteiger partial charge in [0.05, 0.1) is 13.2 Å². The van der Waals surface area contributed by atoms with E-state index in [-0.39, 0.29) is 0 Å². The molecule has 2 aromatic rings. The van der Waals surface area contributed by atoms with Crippen LogP contribution in [0, 0.1) is 27.7 Å². The van der Waals surface area contributed by atoms with Crippen LogP contribution >= 0.6 is 0 Å². The van der Waals surface area contributed by atoms with Crippen LogP contribution in [0.25, 0.3) is 0 Å². The van der Waals surface area contributed by atoms with E-state index in [4.69, 9.17) is 4.74 Å². The molecule has 0 fully saturated rings. The first kappa shape index (κ1) is 13.8. The first-order valence-electron chi connectivity index (χ1n) is 6.76. The lowest BCUT2D eigenvalue weighted by atomic mass is 10.1. The summed E-state index contributed by atoms with van der Waals surface area (Å²) >= 11 is 0. The van der Waals surface area contributed by atoms with E-state index >= 15 is 0 Å². The molecular formula is C18H22O. The summed E-state index contributed by atoms with van der Waals surface area (Å²) in [5.41, 5.74) is 7.74. The zero-order valence-electron chi connectivity index (χ0n) is 12.3. The van der Waals surface area contributed by atoms with Crippen LogP contribution in [0.4, 0.5) is 0 Å². The van der Waals surface area contributed by atoms with Gasteiger partial charge in [0.1, 0.15) is 0 Å². The van der Waals surface area contributed by atoms with Crippen LogP contribution in [0.2, 0.25) is 0 Å². The lowest BCUT2D eigenvalue weighted by Crippen LogP contribution is -1.99. The third kappa shape index (κ3) is 3.68. The van der Waals surface area contributed by atoms with Crippen LogP contribution in [0.1, 0.15) is 33.4 Å². The highest BCUT2D eigenvalue weighted by atomic mass is 16.5. The Morgan fingerprint density at radius 1 is 0.684 bits per heavy atom. The first-order valence-corrected chi connectivity index (χ1v) is 6.76. The molecule has 0 aliphatic heterocycles. The molecule has 0 saturated heterocycles.